The van der Waals surface area contributed by atoms with Crippen LogP contribution < -0.4 is 16.6 Å². The molecular weight excluding hydrogens is 297 g/mol. The highest BCUT2D eigenvalue weighted by Crippen LogP contribution is 2.20. The molecule has 1 heterocycles. The fraction of sp³-hybridized carbons (Fsp3) is 0.636. The van der Waals surface area contributed by atoms with Gasteiger partial charge in [-0.2, -0.15) is 18.3 Å². The number of rotatable bonds is 5. The third-order valence-electron chi connectivity index (χ3n) is 2.71. The van der Waals surface area contributed by atoms with Crippen LogP contribution in [0, 0.1) is 5.92 Å². The fourth-order valence-corrected chi connectivity index (χ4v) is 1.75. The Morgan fingerprint density at radius 2 is 2.10 bits per heavy atom. The van der Waals surface area contributed by atoms with Crippen molar-refractivity contribution in [2.24, 2.45) is 11.7 Å². The predicted octanol–water partition coefficient (Wildman–Crippen LogP) is 1.85. The van der Waals surface area contributed by atoms with Crippen molar-refractivity contribution >= 4 is 17.3 Å². The second kappa shape index (κ2) is 6.45. The Bertz CT molecular complexity index is 515. The Morgan fingerprint density at radius 3 is 2.55 bits per heavy atom. The summed E-state index contributed by atoms with van der Waals surface area (Å²) in [5.41, 5.74) is 4.75. The summed E-state index contributed by atoms with van der Waals surface area (Å²) in [5, 5.41) is 6.05. The Morgan fingerprint density at radius 1 is 1.50 bits per heavy atom. The van der Waals surface area contributed by atoms with Crippen LogP contribution >= 0.6 is 11.6 Å². The second-order valence-electron chi connectivity index (χ2n) is 4.68. The van der Waals surface area contributed by atoms with E-state index in [0.717, 1.165) is 6.20 Å². The van der Waals surface area contributed by atoms with Gasteiger partial charge >= 0.3 is 6.18 Å². The van der Waals surface area contributed by atoms with E-state index in [-0.39, 0.29) is 27.4 Å². The first-order valence-corrected chi connectivity index (χ1v) is 6.32. The molecule has 0 bridgehead atoms. The lowest BCUT2D eigenvalue weighted by Gasteiger charge is -2.22. The van der Waals surface area contributed by atoms with Crippen molar-refractivity contribution in [1.29, 1.82) is 0 Å². The van der Waals surface area contributed by atoms with Crippen LogP contribution in [-0.2, 0) is 6.54 Å². The Kier molecular flexibility index (Phi) is 5.41. The minimum absolute atomic E-state index is 0.160. The molecule has 114 valence electrons. The number of nitrogens with zero attached hydrogens (tertiary/aromatic N) is 2. The lowest BCUT2D eigenvalue weighted by molar-refractivity contribution is -0.143. The number of alkyl halides is 3. The molecule has 0 saturated heterocycles. The second-order valence-corrected chi connectivity index (χ2v) is 5.06. The highest BCUT2D eigenvalue weighted by Gasteiger charge is 2.30. The van der Waals surface area contributed by atoms with Gasteiger partial charge in [-0.1, -0.05) is 25.4 Å². The summed E-state index contributed by atoms with van der Waals surface area (Å²) in [4.78, 5) is 11.7. The standard InChI is InChI=1S/C11H16ClF3N4O/c1-6(2)7(3-16)18-8-4-17-19(5-11(13,14)15)10(20)9(8)12/h4,6-7,18H,3,5,16H2,1-2H3. The van der Waals surface area contributed by atoms with Gasteiger partial charge in [0.2, 0.25) is 0 Å². The highest BCUT2D eigenvalue weighted by atomic mass is 35.5. The maximum atomic E-state index is 12.2. The van der Waals surface area contributed by atoms with Crippen LogP contribution in [0.1, 0.15) is 13.8 Å². The lowest BCUT2D eigenvalue weighted by Crippen LogP contribution is -2.36. The summed E-state index contributed by atoms with van der Waals surface area (Å²) in [6.45, 7) is 2.64. The maximum absolute atomic E-state index is 12.2. The number of aromatic nitrogens is 2. The molecule has 1 aromatic rings. The van der Waals surface area contributed by atoms with Gasteiger partial charge in [-0.05, 0) is 5.92 Å². The minimum Gasteiger partial charge on any atom is -0.378 e. The molecule has 1 unspecified atom stereocenters. The summed E-state index contributed by atoms with van der Waals surface area (Å²) in [6, 6.07) is -0.160. The molecule has 1 aromatic heterocycles. The molecule has 5 nitrogen and oxygen atoms in total. The molecule has 0 fully saturated rings. The monoisotopic (exact) mass is 312 g/mol. The van der Waals surface area contributed by atoms with Crippen molar-refractivity contribution in [2.45, 2.75) is 32.6 Å². The molecule has 0 spiro atoms. The average molecular weight is 313 g/mol. The van der Waals surface area contributed by atoms with Crippen LogP contribution in [0.3, 0.4) is 0 Å². The van der Waals surface area contributed by atoms with E-state index in [0.29, 0.717) is 6.54 Å². The van der Waals surface area contributed by atoms with Crippen LogP contribution in [0.25, 0.3) is 0 Å². The molecule has 1 atom stereocenters. The number of hydrogen-bond donors (Lipinski definition) is 2. The highest BCUT2D eigenvalue weighted by molar-refractivity contribution is 6.32. The lowest BCUT2D eigenvalue weighted by atomic mass is 10.0. The molecule has 0 aliphatic carbocycles. The molecule has 0 aromatic carbocycles. The smallest absolute Gasteiger partial charge is 0.378 e. The molecule has 9 heteroatoms. The Balaban J connectivity index is 3.03. The first-order valence-electron chi connectivity index (χ1n) is 5.94. The zero-order valence-corrected chi connectivity index (χ0v) is 11.8. The van der Waals surface area contributed by atoms with Gasteiger partial charge in [0.05, 0.1) is 11.9 Å². The summed E-state index contributed by atoms with van der Waals surface area (Å²) < 4.78 is 37.0. The van der Waals surface area contributed by atoms with Gasteiger partial charge in [-0.25, -0.2) is 4.68 Å². The van der Waals surface area contributed by atoms with E-state index in [4.69, 9.17) is 17.3 Å². The zero-order valence-electron chi connectivity index (χ0n) is 11.0. The van der Waals surface area contributed by atoms with Gasteiger partial charge < -0.3 is 11.1 Å². The molecule has 0 amide bonds. The topological polar surface area (TPSA) is 72.9 Å². The number of hydrogen-bond acceptors (Lipinski definition) is 4. The van der Waals surface area contributed by atoms with Crippen molar-refractivity contribution in [3.8, 4) is 0 Å². The average Bonchev–Trinajstić information content (AvgIpc) is 2.32. The zero-order chi connectivity index (χ0) is 15.5. The van der Waals surface area contributed by atoms with E-state index in [2.05, 4.69) is 10.4 Å². The fourth-order valence-electron chi connectivity index (χ4n) is 1.55. The first-order chi connectivity index (χ1) is 9.15. The third-order valence-corrected chi connectivity index (χ3v) is 3.08. The summed E-state index contributed by atoms with van der Waals surface area (Å²) >= 11 is 5.79. The van der Waals surface area contributed by atoms with Crippen molar-refractivity contribution in [3.63, 3.8) is 0 Å². The number of nitrogens with one attached hydrogen (secondary N) is 1. The van der Waals surface area contributed by atoms with Crippen LogP contribution in [0.4, 0.5) is 18.9 Å². The van der Waals surface area contributed by atoms with Crippen molar-refractivity contribution in [2.75, 3.05) is 11.9 Å². The molecule has 1 rings (SSSR count). The van der Waals surface area contributed by atoms with E-state index in [1.54, 1.807) is 0 Å². The number of halogens is 4. The largest absolute Gasteiger partial charge is 0.408 e. The van der Waals surface area contributed by atoms with Gasteiger partial charge in [0.1, 0.15) is 11.6 Å². The Labute approximate surface area is 118 Å². The van der Waals surface area contributed by atoms with Crippen LogP contribution in [0.15, 0.2) is 11.0 Å². The number of anilines is 1. The van der Waals surface area contributed by atoms with E-state index in [1.807, 2.05) is 13.8 Å². The summed E-state index contributed by atoms with van der Waals surface area (Å²) in [5.74, 6) is 0.161. The van der Waals surface area contributed by atoms with Gasteiger partial charge in [-0.3, -0.25) is 4.79 Å². The van der Waals surface area contributed by atoms with E-state index >= 15 is 0 Å². The van der Waals surface area contributed by atoms with Crippen molar-refractivity contribution < 1.29 is 13.2 Å². The van der Waals surface area contributed by atoms with Gasteiger partial charge in [-0.15, -0.1) is 0 Å². The molecule has 0 saturated carbocycles. The minimum atomic E-state index is -4.53. The molecule has 0 aliphatic heterocycles. The summed E-state index contributed by atoms with van der Waals surface area (Å²) in [7, 11) is 0. The van der Waals surface area contributed by atoms with Crippen LogP contribution in [0.2, 0.25) is 5.02 Å². The van der Waals surface area contributed by atoms with Crippen LogP contribution in [0.5, 0.6) is 0 Å². The first kappa shape index (κ1) is 16.8. The molecule has 3 N–H and O–H groups in total. The predicted molar refractivity (Wildman–Crippen MR) is 70.9 cm³/mol. The van der Waals surface area contributed by atoms with E-state index < -0.39 is 18.3 Å². The van der Waals surface area contributed by atoms with E-state index in [1.165, 1.54) is 0 Å². The van der Waals surface area contributed by atoms with E-state index in [9.17, 15) is 18.0 Å². The van der Waals surface area contributed by atoms with Gasteiger partial charge in [0.25, 0.3) is 5.56 Å². The van der Waals surface area contributed by atoms with Gasteiger partial charge in [0, 0.05) is 12.6 Å². The SMILES string of the molecule is CC(C)C(CN)Nc1cnn(CC(F)(F)F)c(=O)c1Cl. The Hall–Kier alpha value is -1.28. The summed E-state index contributed by atoms with van der Waals surface area (Å²) in [6.07, 6.45) is -3.44. The molecule has 20 heavy (non-hydrogen) atoms. The molecule has 0 aliphatic rings. The normalized spacial score (nSPS) is 13.6. The van der Waals surface area contributed by atoms with Crippen molar-refractivity contribution in [1.82, 2.24) is 9.78 Å². The van der Waals surface area contributed by atoms with Gasteiger partial charge in [0.15, 0.2) is 0 Å². The van der Waals surface area contributed by atoms with Crippen molar-refractivity contribution in [3.05, 3.63) is 21.6 Å². The van der Waals surface area contributed by atoms with Crippen LogP contribution in [-0.4, -0.2) is 28.5 Å². The third kappa shape index (κ3) is 4.38. The molecule has 0 radical (unpaired) electrons. The molecular formula is C11H16ClF3N4O. The maximum Gasteiger partial charge on any atom is 0.408 e. The quantitative estimate of drug-likeness (QED) is 0.870. The number of nitrogens with two attached hydrogens (primary N) is 1.